The van der Waals surface area contributed by atoms with Crippen LogP contribution in [0.15, 0.2) is 24.4 Å². The molecule has 1 aromatic heterocycles. The van der Waals surface area contributed by atoms with Crippen LogP contribution in [0, 0.1) is 0 Å². The molecule has 16 heavy (non-hydrogen) atoms. The van der Waals surface area contributed by atoms with Crippen molar-refractivity contribution in [3.8, 4) is 0 Å². The molecule has 0 atom stereocenters. The Morgan fingerprint density at radius 2 is 1.94 bits per heavy atom. The fraction of sp³-hybridized carbons (Fsp3) is 0.400. The van der Waals surface area contributed by atoms with E-state index >= 15 is 0 Å². The number of carbonyl (C=O) groups excluding carboxylic acids is 1. The van der Waals surface area contributed by atoms with Crippen LogP contribution in [0.3, 0.4) is 0 Å². The van der Waals surface area contributed by atoms with E-state index in [2.05, 4.69) is 10.3 Å². The van der Waals surface area contributed by atoms with E-state index in [0.717, 1.165) is 26.2 Å². The second-order valence-corrected chi connectivity index (χ2v) is 3.26. The third kappa shape index (κ3) is 3.63. The zero-order valence-corrected chi connectivity index (χ0v) is 10.4. The van der Waals surface area contributed by atoms with Gasteiger partial charge < -0.3 is 10.2 Å². The summed E-state index contributed by atoms with van der Waals surface area (Å²) >= 11 is 0. The molecule has 0 spiro atoms. The van der Waals surface area contributed by atoms with Gasteiger partial charge in [0, 0.05) is 32.4 Å². The minimum atomic E-state index is 0. The lowest BCUT2D eigenvalue weighted by atomic mass is 10.3. The van der Waals surface area contributed by atoms with Crippen molar-refractivity contribution in [2.45, 2.75) is 0 Å². The number of aromatic nitrogens is 1. The van der Waals surface area contributed by atoms with Crippen molar-refractivity contribution >= 4 is 30.7 Å². The van der Waals surface area contributed by atoms with Crippen molar-refractivity contribution in [1.82, 2.24) is 15.2 Å². The number of nitrogens with zero attached hydrogens (tertiary/aromatic N) is 2. The molecule has 6 heteroatoms. The number of carbonyl (C=O) groups is 1. The first-order valence-electron chi connectivity index (χ1n) is 4.79. The molecule has 1 aliphatic rings. The Labute approximate surface area is 107 Å². The van der Waals surface area contributed by atoms with Crippen LogP contribution in [0.4, 0.5) is 0 Å². The fourth-order valence-corrected chi connectivity index (χ4v) is 1.52. The van der Waals surface area contributed by atoms with Gasteiger partial charge in [-0.15, -0.1) is 24.8 Å². The SMILES string of the molecule is Cl.Cl.O=C(c1ccccn1)N1CCNCC1. The summed E-state index contributed by atoms with van der Waals surface area (Å²) in [6, 6.07) is 5.40. The van der Waals surface area contributed by atoms with Gasteiger partial charge in [0.05, 0.1) is 0 Å². The van der Waals surface area contributed by atoms with Crippen molar-refractivity contribution in [3.05, 3.63) is 30.1 Å². The van der Waals surface area contributed by atoms with Gasteiger partial charge in [-0.3, -0.25) is 9.78 Å². The molecule has 2 heterocycles. The molecule has 1 aliphatic heterocycles. The zero-order chi connectivity index (χ0) is 9.80. The first kappa shape index (κ1) is 15.2. The molecule has 0 saturated carbocycles. The molecule has 1 N–H and O–H groups in total. The monoisotopic (exact) mass is 263 g/mol. The van der Waals surface area contributed by atoms with Gasteiger partial charge in [-0.2, -0.15) is 0 Å². The lowest BCUT2D eigenvalue weighted by molar-refractivity contribution is 0.0730. The summed E-state index contributed by atoms with van der Waals surface area (Å²) in [7, 11) is 0. The van der Waals surface area contributed by atoms with Gasteiger partial charge in [-0.05, 0) is 12.1 Å². The topological polar surface area (TPSA) is 45.2 Å². The summed E-state index contributed by atoms with van der Waals surface area (Å²) in [5.41, 5.74) is 0.536. The molecule has 4 nitrogen and oxygen atoms in total. The van der Waals surface area contributed by atoms with E-state index in [9.17, 15) is 4.79 Å². The number of hydrogen-bond donors (Lipinski definition) is 1. The van der Waals surface area contributed by atoms with Crippen LogP contribution in [0.25, 0.3) is 0 Å². The van der Waals surface area contributed by atoms with E-state index in [1.165, 1.54) is 0 Å². The number of piperazine rings is 1. The summed E-state index contributed by atoms with van der Waals surface area (Å²) in [5, 5.41) is 3.21. The average Bonchev–Trinajstić information content (AvgIpc) is 2.30. The van der Waals surface area contributed by atoms with E-state index in [1.54, 1.807) is 12.3 Å². The number of amides is 1. The highest BCUT2D eigenvalue weighted by atomic mass is 35.5. The summed E-state index contributed by atoms with van der Waals surface area (Å²) < 4.78 is 0. The maximum Gasteiger partial charge on any atom is 0.272 e. The summed E-state index contributed by atoms with van der Waals surface area (Å²) in [5.74, 6) is 0.0344. The Morgan fingerprint density at radius 1 is 1.25 bits per heavy atom. The van der Waals surface area contributed by atoms with Gasteiger partial charge in [0.25, 0.3) is 5.91 Å². The van der Waals surface area contributed by atoms with Crippen LogP contribution in [-0.4, -0.2) is 42.0 Å². The van der Waals surface area contributed by atoms with Crippen LogP contribution in [0.5, 0.6) is 0 Å². The summed E-state index contributed by atoms with van der Waals surface area (Å²) in [6.45, 7) is 3.29. The number of nitrogens with one attached hydrogen (secondary N) is 1. The number of rotatable bonds is 1. The van der Waals surface area contributed by atoms with E-state index in [-0.39, 0.29) is 30.7 Å². The van der Waals surface area contributed by atoms with Gasteiger partial charge >= 0.3 is 0 Å². The lowest BCUT2D eigenvalue weighted by Gasteiger charge is -2.26. The Kier molecular flexibility index (Phi) is 7.05. The molecule has 0 unspecified atom stereocenters. The number of hydrogen-bond acceptors (Lipinski definition) is 3. The second-order valence-electron chi connectivity index (χ2n) is 3.26. The minimum Gasteiger partial charge on any atom is -0.335 e. The van der Waals surface area contributed by atoms with Crippen LogP contribution in [0.2, 0.25) is 0 Å². The highest BCUT2D eigenvalue weighted by molar-refractivity contribution is 5.92. The van der Waals surface area contributed by atoms with Gasteiger partial charge in [0.15, 0.2) is 0 Å². The van der Waals surface area contributed by atoms with Crippen molar-refractivity contribution in [2.75, 3.05) is 26.2 Å². The maximum absolute atomic E-state index is 11.8. The molecule has 90 valence electrons. The van der Waals surface area contributed by atoms with Gasteiger partial charge in [-0.1, -0.05) is 6.07 Å². The Balaban J connectivity index is 0.00000112. The third-order valence-corrected chi connectivity index (χ3v) is 2.29. The van der Waals surface area contributed by atoms with E-state index in [1.807, 2.05) is 17.0 Å². The molecular weight excluding hydrogens is 249 g/mol. The molecule has 1 aromatic rings. The number of pyridine rings is 1. The van der Waals surface area contributed by atoms with E-state index in [4.69, 9.17) is 0 Å². The highest BCUT2D eigenvalue weighted by Gasteiger charge is 2.17. The second kappa shape index (κ2) is 7.44. The van der Waals surface area contributed by atoms with Crippen molar-refractivity contribution in [2.24, 2.45) is 0 Å². The molecule has 0 bridgehead atoms. The van der Waals surface area contributed by atoms with Crippen LogP contribution in [-0.2, 0) is 0 Å². The van der Waals surface area contributed by atoms with Crippen LogP contribution < -0.4 is 5.32 Å². The Morgan fingerprint density at radius 3 is 2.50 bits per heavy atom. The van der Waals surface area contributed by atoms with Gasteiger partial charge in [0.1, 0.15) is 5.69 Å². The molecule has 1 amide bonds. The van der Waals surface area contributed by atoms with Crippen molar-refractivity contribution in [1.29, 1.82) is 0 Å². The Hall–Kier alpha value is -0.840. The molecule has 0 radical (unpaired) electrons. The first-order chi connectivity index (χ1) is 6.88. The normalized spacial score (nSPS) is 14.6. The molecule has 0 aliphatic carbocycles. The quantitative estimate of drug-likeness (QED) is 0.822. The van der Waals surface area contributed by atoms with Gasteiger partial charge in [-0.25, -0.2) is 0 Å². The Bertz CT molecular complexity index is 315. The first-order valence-corrected chi connectivity index (χ1v) is 4.79. The average molecular weight is 264 g/mol. The lowest BCUT2D eigenvalue weighted by Crippen LogP contribution is -2.46. The fourth-order valence-electron chi connectivity index (χ4n) is 1.52. The smallest absolute Gasteiger partial charge is 0.272 e. The van der Waals surface area contributed by atoms with Crippen molar-refractivity contribution in [3.63, 3.8) is 0 Å². The zero-order valence-electron chi connectivity index (χ0n) is 8.76. The molecule has 1 fully saturated rings. The predicted octanol–water partition coefficient (Wildman–Crippen LogP) is 0.971. The van der Waals surface area contributed by atoms with Crippen LogP contribution >= 0.6 is 24.8 Å². The standard InChI is InChI=1S/C10H13N3O.2ClH/c14-10(9-3-1-2-4-12-9)13-7-5-11-6-8-13;;/h1-4,11H,5-8H2;2*1H. The van der Waals surface area contributed by atoms with Gasteiger partial charge in [0.2, 0.25) is 0 Å². The largest absolute Gasteiger partial charge is 0.335 e. The highest BCUT2D eigenvalue weighted by Crippen LogP contribution is 2.02. The molecular formula is C10H15Cl2N3O. The minimum absolute atomic E-state index is 0. The third-order valence-electron chi connectivity index (χ3n) is 2.29. The van der Waals surface area contributed by atoms with E-state index < -0.39 is 0 Å². The van der Waals surface area contributed by atoms with Crippen molar-refractivity contribution < 1.29 is 4.79 Å². The van der Waals surface area contributed by atoms with E-state index in [0.29, 0.717) is 5.69 Å². The maximum atomic E-state index is 11.8. The van der Waals surface area contributed by atoms with Crippen LogP contribution in [0.1, 0.15) is 10.5 Å². The summed E-state index contributed by atoms with van der Waals surface area (Å²) in [6.07, 6.45) is 1.65. The summed E-state index contributed by atoms with van der Waals surface area (Å²) in [4.78, 5) is 17.7. The molecule has 0 aromatic carbocycles. The molecule has 2 rings (SSSR count). The molecule has 1 saturated heterocycles. The predicted molar refractivity (Wildman–Crippen MR) is 67.5 cm³/mol. The number of halogens is 2.